The molecule has 5 aromatic rings. The summed E-state index contributed by atoms with van der Waals surface area (Å²) in [6.07, 6.45) is 2.60. The number of sulfonamides is 1. The molecular weight excluding hydrogens is 528 g/mol. The molecule has 0 radical (unpaired) electrons. The molecule has 9 heteroatoms. The van der Waals surface area contributed by atoms with E-state index >= 15 is 0 Å². The molecule has 0 aliphatic heterocycles. The molecule has 0 bridgehead atoms. The number of carbonyl (C=O) groups excluding carboxylic acids is 1. The summed E-state index contributed by atoms with van der Waals surface area (Å²) in [4.78, 5) is 24.7. The number of anilines is 2. The lowest BCUT2D eigenvalue weighted by Crippen LogP contribution is -2.32. The van der Waals surface area contributed by atoms with Gasteiger partial charge in [-0.1, -0.05) is 48.6 Å². The van der Waals surface area contributed by atoms with Crippen molar-refractivity contribution in [1.29, 1.82) is 0 Å². The van der Waals surface area contributed by atoms with Gasteiger partial charge < -0.3 is 0 Å². The van der Waals surface area contributed by atoms with Crippen molar-refractivity contribution in [3.05, 3.63) is 114 Å². The highest BCUT2D eigenvalue weighted by atomic mass is 32.2. The third-order valence-electron chi connectivity index (χ3n) is 6.39. The number of aromatic nitrogens is 2. The summed E-state index contributed by atoms with van der Waals surface area (Å²) in [6.45, 7) is 4.41. The van der Waals surface area contributed by atoms with Crippen molar-refractivity contribution < 1.29 is 13.2 Å². The largest absolute Gasteiger partial charge is 0.278 e. The maximum Gasteiger partial charge on any atom is 0.264 e. The van der Waals surface area contributed by atoms with E-state index in [2.05, 4.69) is 18.0 Å². The first-order valence-electron chi connectivity index (χ1n) is 12.7. The first-order valence-corrected chi connectivity index (χ1v) is 15.0. The second-order valence-corrected chi connectivity index (χ2v) is 11.8. The lowest BCUT2D eigenvalue weighted by atomic mass is 10.2. The molecule has 0 unspecified atom stereocenters. The Bertz CT molecular complexity index is 1690. The van der Waals surface area contributed by atoms with Crippen LogP contribution in [0.2, 0.25) is 0 Å². The molecule has 7 nitrogen and oxygen atoms in total. The van der Waals surface area contributed by atoms with Crippen LogP contribution in [-0.2, 0) is 23.0 Å². The summed E-state index contributed by atoms with van der Waals surface area (Å²) in [7, 11) is -3.80. The Kier molecular flexibility index (Phi) is 7.72. The SMILES string of the molecule is CCc1ccc2nc(N(Cc3ccccn3)C(=O)c3ccc(S(=O)(=O)N(CC)c4ccccc4)cc3)sc2c1. The van der Waals surface area contributed by atoms with E-state index in [4.69, 9.17) is 4.98 Å². The minimum Gasteiger partial charge on any atom is -0.278 e. The van der Waals surface area contributed by atoms with Crippen molar-refractivity contribution >= 4 is 48.3 Å². The highest BCUT2D eigenvalue weighted by Crippen LogP contribution is 2.32. The molecular formula is C30H28N4O3S2. The number of fused-ring (bicyclic) bond motifs is 1. The van der Waals surface area contributed by atoms with Crippen LogP contribution < -0.4 is 9.21 Å². The number of benzene rings is 3. The lowest BCUT2D eigenvalue weighted by molar-refractivity contribution is 0.0984. The molecule has 1 amide bonds. The first-order chi connectivity index (χ1) is 18.9. The summed E-state index contributed by atoms with van der Waals surface area (Å²) in [5, 5.41) is 0.562. The van der Waals surface area contributed by atoms with E-state index in [0.29, 0.717) is 16.4 Å². The van der Waals surface area contributed by atoms with Gasteiger partial charge >= 0.3 is 0 Å². The summed E-state index contributed by atoms with van der Waals surface area (Å²) < 4.78 is 29.2. The fraction of sp³-hybridized carbons (Fsp3) is 0.167. The number of rotatable bonds is 9. The monoisotopic (exact) mass is 556 g/mol. The van der Waals surface area contributed by atoms with Crippen molar-refractivity contribution in [1.82, 2.24) is 9.97 Å². The number of hydrogen-bond donors (Lipinski definition) is 0. The summed E-state index contributed by atoms with van der Waals surface area (Å²) in [5.74, 6) is -0.283. The van der Waals surface area contributed by atoms with Crippen LogP contribution in [0.25, 0.3) is 10.2 Å². The molecule has 0 fully saturated rings. The van der Waals surface area contributed by atoms with E-state index in [-0.39, 0.29) is 23.9 Å². The van der Waals surface area contributed by atoms with Crippen LogP contribution in [0.5, 0.6) is 0 Å². The predicted octanol–water partition coefficient (Wildman–Crippen LogP) is 6.32. The van der Waals surface area contributed by atoms with Crippen molar-refractivity contribution in [2.24, 2.45) is 0 Å². The van der Waals surface area contributed by atoms with E-state index in [0.717, 1.165) is 22.3 Å². The Morgan fingerprint density at radius 3 is 2.31 bits per heavy atom. The van der Waals surface area contributed by atoms with Crippen LogP contribution in [0.4, 0.5) is 10.8 Å². The maximum atomic E-state index is 13.8. The van der Waals surface area contributed by atoms with Gasteiger partial charge in [0.25, 0.3) is 15.9 Å². The zero-order valence-electron chi connectivity index (χ0n) is 21.7. The molecule has 198 valence electrons. The zero-order chi connectivity index (χ0) is 27.4. The van der Waals surface area contributed by atoms with Gasteiger partial charge in [0.2, 0.25) is 0 Å². The highest BCUT2D eigenvalue weighted by molar-refractivity contribution is 7.92. The van der Waals surface area contributed by atoms with Gasteiger partial charge in [0.15, 0.2) is 5.13 Å². The van der Waals surface area contributed by atoms with Gasteiger partial charge in [-0.05, 0) is 79.6 Å². The fourth-order valence-corrected chi connectivity index (χ4v) is 6.81. The molecule has 0 N–H and O–H groups in total. The average molecular weight is 557 g/mol. The van der Waals surface area contributed by atoms with E-state index in [9.17, 15) is 13.2 Å². The topological polar surface area (TPSA) is 83.5 Å². The number of carbonyl (C=O) groups is 1. The Morgan fingerprint density at radius 1 is 0.897 bits per heavy atom. The molecule has 0 saturated heterocycles. The van der Waals surface area contributed by atoms with Gasteiger partial charge in [0, 0.05) is 18.3 Å². The number of thiazole rings is 1. The van der Waals surface area contributed by atoms with Gasteiger partial charge in [0.1, 0.15) is 0 Å². The zero-order valence-corrected chi connectivity index (χ0v) is 23.3. The van der Waals surface area contributed by atoms with E-state index in [1.54, 1.807) is 54.4 Å². The predicted molar refractivity (Wildman–Crippen MR) is 157 cm³/mol. The highest BCUT2D eigenvalue weighted by Gasteiger charge is 2.26. The van der Waals surface area contributed by atoms with Gasteiger partial charge in [0.05, 0.1) is 33.0 Å². The van der Waals surface area contributed by atoms with Gasteiger partial charge in [-0.15, -0.1) is 0 Å². The number of hydrogen-bond acceptors (Lipinski definition) is 6. The van der Waals surface area contributed by atoms with Gasteiger partial charge in [-0.3, -0.25) is 19.0 Å². The van der Waals surface area contributed by atoms with Crippen molar-refractivity contribution in [3.63, 3.8) is 0 Å². The Balaban J connectivity index is 1.48. The molecule has 39 heavy (non-hydrogen) atoms. The smallest absolute Gasteiger partial charge is 0.264 e. The van der Waals surface area contributed by atoms with Crippen molar-refractivity contribution in [2.45, 2.75) is 31.7 Å². The fourth-order valence-electron chi connectivity index (χ4n) is 4.31. The number of amides is 1. The molecule has 5 rings (SSSR count). The van der Waals surface area contributed by atoms with Gasteiger partial charge in [-0.25, -0.2) is 13.4 Å². The summed E-state index contributed by atoms with van der Waals surface area (Å²) in [6, 6.07) is 26.7. The number of pyridine rings is 1. The van der Waals surface area contributed by atoms with E-state index in [1.165, 1.54) is 33.3 Å². The van der Waals surface area contributed by atoms with E-state index < -0.39 is 10.0 Å². The summed E-state index contributed by atoms with van der Waals surface area (Å²) >= 11 is 1.45. The van der Waals surface area contributed by atoms with Crippen LogP contribution in [-0.4, -0.2) is 30.8 Å². The Morgan fingerprint density at radius 2 is 1.64 bits per heavy atom. The average Bonchev–Trinajstić information content (AvgIpc) is 3.40. The van der Waals surface area contributed by atoms with Crippen LogP contribution in [0.3, 0.4) is 0 Å². The maximum absolute atomic E-state index is 13.8. The number of para-hydroxylation sites is 1. The number of nitrogens with zero attached hydrogens (tertiary/aromatic N) is 4. The molecule has 0 aliphatic carbocycles. The van der Waals surface area contributed by atoms with Crippen LogP contribution in [0, 0.1) is 0 Å². The Labute approximate surface area is 232 Å². The third kappa shape index (κ3) is 5.55. The first kappa shape index (κ1) is 26.5. The lowest BCUT2D eigenvalue weighted by Gasteiger charge is -2.23. The van der Waals surface area contributed by atoms with Gasteiger partial charge in [-0.2, -0.15) is 0 Å². The quantitative estimate of drug-likeness (QED) is 0.212. The van der Waals surface area contributed by atoms with Crippen LogP contribution in [0.15, 0.2) is 102 Å². The van der Waals surface area contributed by atoms with E-state index in [1.807, 2.05) is 36.4 Å². The molecule has 2 aromatic heterocycles. The number of aryl methyl sites for hydroxylation is 1. The van der Waals surface area contributed by atoms with Crippen LogP contribution >= 0.6 is 11.3 Å². The normalized spacial score (nSPS) is 11.4. The second-order valence-electron chi connectivity index (χ2n) is 8.89. The third-order valence-corrected chi connectivity index (χ3v) is 9.35. The molecule has 2 heterocycles. The van der Waals surface area contributed by atoms with Crippen molar-refractivity contribution in [3.8, 4) is 0 Å². The summed E-state index contributed by atoms with van der Waals surface area (Å²) in [5.41, 5.74) is 3.70. The standard InChI is InChI=1S/C30H28N4O3S2/c1-3-22-13-18-27-28(20-22)38-30(32-27)33(21-24-10-8-9-19-31-24)29(35)23-14-16-26(17-15-23)39(36,37)34(4-2)25-11-6-5-7-12-25/h5-20H,3-4,21H2,1-2H3. The molecule has 0 saturated carbocycles. The molecule has 3 aromatic carbocycles. The van der Waals surface area contributed by atoms with Crippen molar-refractivity contribution in [2.75, 3.05) is 15.7 Å². The van der Waals surface area contributed by atoms with Crippen LogP contribution in [0.1, 0.15) is 35.5 Å². The minimum absolute atomic E-state index is 0.119. The second kappa shape index (κ2) is 11.3. The molecule has 0 spiro atoms. The molecule has 0 atom stereocenters. The molecule has 0 aliphatic rings. The minimum atomic E-state index is -3.80. The Hall–Kier alpha value is -4.08.